The second kappa shape index (κ2) is 8.70. The van der Waals surface area contributed by atoms with Crippen molar-refractivity contribution in [3.05, 3.63) is 109 Å². The van der Waals surface area contributed by atoms with Crippen LogP contribution < -0.4 is 0 Å². The molecule has 0 heterocycles. The zero-order valence-electron chi connectivity index (χ0n) is 17.4. The molecule has 1 heteroatoms. The van der Waals surface area contributed by atoms with E-state index in [4.69, 9.17) is 0 Å². The van der Waals surface area contributed by atoms with Gasteiger partial charge in [-0.1, -0.05) is 86.1 Å². The summed E-state index contributed by atoms with van der Waals surface area (Å²) in [4.78, 5) is 0. The van der Waals surface area contributed by atoms with Gasteiger partial charge in [0, 0.05) is 0 Å². The summed E-state index contributed by atoms with van der Waals surface area (Å²) in [5.41, 5.74) is 1.42. The van der Waals surface area contributed by atoms with Gasteiger partial charge in [-0.25, -0.2) is 0 Å². The van der Waals surface area contributed by atoms with E-state index in [1.807, 2.05) is 0 Å². The van der Waals surface area contributed by atoms with E-state index in [1.165, 1.54) is 48.7 Å². The van der Waals surface area contributed by atoms with Gasteiger partial charge in [0.25, 0.3) is 0 Å². The molecule has 0 saturated carbocycles. The molecule has 0 unspecified atom stereocenters. The molecule has 0 saturated heterocycles. The van der Waals surface area contributed by atoms with Crippen LogP contribution in [-0.4, -0.2) is 0 Å². The van der Waals surface area contributed by atoms with Crippen molar-refractivity contribution >= 4 is 43.1 Å². The van der Waals surface area contributed by atoms with Crippen LogP contribution in [0, 0.1) is 0 Å². The first-order valence-electron chi connectivity index (χ1n) is 10.3. The molecular formula is C29H24Zr. The molecular weight excluding hydrogens is 440 g/mol. The molecule has 0 nitrogen and oxygen atoms in total. The summed E-state index contributed by atoms with van der Waals surface area (Å²) in [5.74, 6) is 0.599. The zero-order valence-corrected chi connectivity index (χ0v) is 19.9. The third-order valence-corrected chi connectivity index (χ3v) is 5.83. The summed E-state index contributed by atoms with van der Waals surface area (Å²) in [7, 11) is 0. The largest absolute Gasteiger partial charge is 2.00 e. The van der Waals surface area contributed by atoms with E-state index in [1.54, 1.807) is 0 Å². The summed E-state index contributed by atoms with van der Waals surface area (Å²) in [6.45, 7) is 4.48. The molecule has 0 spiro atoms. The standard InChI is InChI=1S/C16H15.C13H9.Zr/c1-11(2)12-7-8-16-14(9-12)10-13-5-3-4-6-15(13)16;1-3-7-12-10(5-1)9-11-6-2-4-8-13(11)12;/h3-11H,1-2H3;1-9H;/q2*-1;+2. The van der Waals surface area contributed by atoms with Crippen molar-refractivity contribution in [3.8, 4) is 0 Å². The Morgan fingerprint density at radius 1 is 0.500 bits per heavy atom. The summed E-state index contributed by atoms with van der Waals surface area (Å²) in [6.07, 6.45) is 0. The van der Waals surface area contributed by atoms with E-state index in [-0.39, 0.29) is 26.2 Å². The van der Waals surface area contributed by atoms with Crippen LogP contribution >= 0.6 is 0 Å². The molecule has 0 radical (unpaired) electrons. The molecule has 6 rings (SSSR count). The Balaban J connectivity index is 0.000000143. The van der Waals surface area contributed by atoms with Gasteiger partial charge < -0.3 is 0 Å². The molecule has 0 aliphatic carbocycles. The van der Waals surface area contributed by atoms with Gasteiger partial charge >= 0.3 is 26.2 Å². The Morgan fingerprint density at radius 2 is 0.900 bits per heavy atom. The maximum atomic E-state index is 2.32. The van der Waals surface area contributed by atoms with Crippen LogP contribution in [0.5, 0.6) is 0 Å². The first-order chi connectivity index (χ1) is 14.2. The van der Waals surface area contributed by atoms with E-state index >= 15 is 0 Å². The molecule has 30 heavy (non-hydrogen) atoms. The van der Waals surface area contributed by atoms with Crippen LogP contribution in [-0.2, 0) is 26.2 Å². The quantitative estimate of drug-likeness (QED) is 0.214. The summed E-state index contributed by atoms with van der Waals surface area (Å²) in [5, 5.41) is 10.8. The third-order valence-electron chi connectivity index (χ3n) is 5.83. The Bertz CT molecular complexity index is 1380. The molecule has 144 valence electrons. The first-order valence-corrected chi connectivity index (χ1v) is 10.3. The average Bonchev–Trinajstić information content (AvgIpc) is 3.32. The smallest absolute Gasteiger partial charge is 0.126 e. The summed E-state index contributed by atoms with van der Waals surface area (Å²) in [6, 6.07) is 37.0. The maximum Gasteiger partial charge on any atom is 2.00 e. The van der Waals surface area contributed by atoms with E-state index in [9.17, 15) is 0 Å². The topological polar surface area (TPSA) is 0 Å². The van der Waals surface area contributed by atoms with E-state index in [0.29, 0.717) is 5.92 Å². The van der Waals surface area contributed by atoms with Gasteiger partial charge in [-0.05, 0) is 5.92 Å². The van der Waals surface area contributed by atoms with Gasteiger partial charge in [-0.3, -0.25) is 0 Å². The summed E-state index contributed by atoms with van der Waals surface area (Å²) < 4.78 is 0. The molecule has 0 aliphatic rings. The molecule has 6 aromatic carbocycles. The molecule has 0 aliphatic heterocycles. The Labute approximate surface area is 197 Å². The molecule has 0 N–H and O–H groups in total. The predicted octanol–water partition coefficient (Wildman–Crippen LogP) is 8.54. The van der Waals surface area contributed by atoms with Crippen molar-refractivity contribution in [1.82, 2.24) is 0 Å². The normalized spacial score (nSPS) is 11.0. The van der Waals surface area contributed by atoms with Crippen molar-refractivity contribution in [2.75, 3.05) is 0 Å². The number of benzene rings is 4. The second-order valence-corrected chi connectivity index (χ2v) is 8.05. The van der Waals surface area contributed by atoms with Crippen LogP contribution in [0.4, 0.5) is 0 Å². The van der Waals surface area contributed by atoms with Crippen LogP contribution in [0.3, 0.4) is 0 Å². The van der Waals surface area contributed by atoms with Gasteiger partial charge in [0.15, 0.2) is 0 Å². The fraction of sp³-hybridized carbons (Fsp3) is 0.103. The molecule has 0 atom stereocenters. The SMILES string of the molecule is CC(C)c1ccc2c(c1)[cH-]c1ccccc12.[Zr+2].c1ccc2c(c1)[cH-]c1ccccc12. The van der Waals surface area contributed by atoms with Crippen molar-refractivity contribution in [1.29, 1.82) is 0 Å². The Morgan fingerprint density at radius 3 is 1.37 bits per heavy atom. The van der Waals surface area contributed by atoms with Crippen molar-refractivity contribution < 1.29 is 26.2 Å². The number of fused-ring (bicyclic) bond motifs is 6. The van der Waals surface area contributed by atoms with E-state index in [2.05, 4.69) is 117 Å². The van der Waals surface area contributed by atoms with Gasteiger partial charge in [0.05, 0.1) is 0 Å². The third kappa shape index (κ3) is 3.80. The molecule has 0 amide bonds. The van der Waals surface area contributed by atoms with Crippen LogP contribution in [0.15, 0.2) is 103 Å². The van der Waals surface area contributed by atoms with Crippen LogP contribution in [0.1, 0.15) is 25.3 Å². The monoisotopic (exact) mass is 462 g/mol. The van der Waals surface area contributed by atoms with Gasteiger partial charge in [-0.2, -0.15) is 0 Å². The molecule has 0 bridgehead atoms. The predicted molar refractivity (Wildman–Crippen MR) is 128 cm³/mol. The van der Waals surface area contributed by atoms with Crippen LogP contribution in [0.2, 0.25) is 0 Å². The number of hydrogen-bond acceptors (Lipinski definition) is 0. The minimum absolute atomic E-state index is 0. The fourth-order valence-corrected chi connectivity index (χ4v) is 4.24. The zero-order chi connectivity index (χ0) is 19.8. The second-order valence-electron chi connectivity index (χ2n) is 8.05. The van der Waals surface area contributed by atoms with Crippen molar-refractivity contribution in [3.63, 3.8) is 0 Å². The molecule has 0 aromatic heterocycles. The van der Waals surface area contributed by atoms with Crippen molar-refractivity contribution in [2.45, 2.75) is 19.8 Å². The maximum absolute atomic E-state index is 2.32. The van der Waals surface area contributed by atoms with E-state index < -0.39 is 0 Å². The van der Waals surface area contributed by atoms with Crippen LogP contribution in [0.25, 0.3) is 43.1 Å². The minimum atomic E-state index is 0. The first kappa shape index (κ1) is 20.8. The Kier molecular flexibility index (Phi) is 6.02. The average molecular weight is 464 g/mol. The Hall–Kier alpha value is -2.50. The van der Waals surface area contributed by atoms with E-state index in [0.717, 1.165) is 0 Å². The fourth-order valence-electron chi connectivity index (χ4n) is 4.24. The van der Waals surface area contributed by atoms with Crippen molar-refractivity contribution in [2.24, 2.45) is 0 Å². The minimum Gasteiger partial charge on any atom is -0.126 e. The van der Waals surface area contributed by atoms with Gasteiger partial charge in [-0.15, -0.1) is 79.5 Å². The van der Waals surface area contributed by atoms with Gasteiger partial charge in [0.1, 0.15) is 0 Å². The number of rotatable bonds is 1. The van der Waals surface area contributed by atoms with Gasteiger partial charge in [0.2, 0.25) is 0 Å². The molecule has 6 aromatic rings. The summed E-state index contributed by atoms with van der Waals surface area (Å²) >= 11 is 0. The number of hydrogen-bond donors (Lipinski definition) is 0. The molecule has 0 fully saturated rings.